The Kier molecular flexibility index (Phi) is 6.31. The fraction of sp³-hybridized carbons (Fsp3) is 0.542. The molecule has 1 aliphatic heterocycles. The largest absolute Gasteiger partial charge is 0.351 e. The minimum Gasteiger partial charge on any atom is -0.351 e. The summed E-state index contributed by atoms with van der Waals surface area (Å²) in [5.74, 6) is -1.80. The number of hydrogen-bond donors (Lipinski definition) is 1. The Hall–Kier alpha value is -2.77. The first-order valence-corrected chi connectivity index (χ1v) is 11.3. The van der Waals surface area contributed by atoms with Crippen LogP contribution < -0.4 is 10.2 Å². The summed E-state index contributed by atoms with van der Waals surface area (Å²) < 4.78 is 26.7. The zero-order chi connectivity index (χ0) is 22.9. The number of rotatable bonds is 3. The first-order valence-electron chi connectivity index (χ1n) is 11.3. The summed E-state index contributed by atoms with van der Waals surface area (Å²) >= 11 is 0. The maximum absolute atomic E-state index is 13.4. The van der Waals surface area contributed by atoms with Gasteiger partial charge in [-0.15, -0.1) is 10.2 Å². The van der Waals surface area contributed by atoms with Gasteiger partial charge in [0.2, 0.25) is 5.92 Å². The van der Waals surface area contributed by atoms with Crippen LogP contribution in [0, 0.1) is 13.8 Å². The fourth-order valence-corrected chi connectivity index (χ4v) is 4.46. The normalized spacial score (nSPS) is 21.5. The molecular formula is C24H31F2N5O. The van der Waals surface area contributed by atoms with Crippen molar-refractivity contribution in [2.24, 2.45) is 0 Å². The number of anilines is 1. The van der Waals surface area contributed by atoms with Crippen molar-refractivity contribution in [1.29, 1.82) is 0 Å². The van der Waals surface area contributed by atoms with Gasteiger partial charge in [-0.25, -0.2) is 13.6 Å². The molecule has 2 fully saturated rings. The number of halogens is 2. The van der Waals surface area contributed by atoms with Gasteiger partial charge in [0.15, 0.2) is 5.82 Å². The van der Waals surface area contributed by atoms with Gasteiger partial charge in [0.25, 0.3) is 0 Å². The smallest absolute Gasteiger partial charge is 0.317 e. The van der Waals surface area contributed by atoms with E-state index in [-0.39, 0.29) is 31.0 Å². The van der Waals surface area contributed by atoms with Gasteiger partial charge in [-0.2, -0.15) is 0 Å². The number of aryl methyl sites for hydroxylation is 2. The third-order valence-corrected chi connectivity index (χ3v) is 6.71. The lowest BCUT2D eigenvalue weighted by molar-refractivity contribution is -0.0399. The number of hydrogen-bond acceptors (Lipinski definition) is 4. The number of piperazine rings is 1. The average molecular weight is 444 g/mol. The number of benzene rings is 1. The molecule has 0 bridgehead atoms. The molecule has 1 aliphatic carbocycles. The summed E-state index contributed by atoms with van der Waals surface area (Å²) in [4.78, 5) is 16.6. The number of alkyl halides is 2. The molecule has 2 heterocycles. The monoisotopic (exact) mass is 443 g/mol. The van der Waals surface area contributed by atoms with Crippen LogP contribution in [0.25, 0.3) is 11.3 Å². The fourth-order valence-electron chi connectivity index (χ4n) is 4.46. The van der Waals surface area contributed by atoms with E-state index in [9.17, 15) is 13.6 Å². The van der Waals surface area contributed by atoms with E-state index in [2.05, 4.69) is 52.5 Å². The summed E-state index contributed by atoms with van der Waals surface area (Å²) in [5.41, 5.74) is 4.35. The number of carbonyl (C=O) groups is 1. The van der Waals surface area contributed by atoms with Gasteiger partial charge in [0.1, 0.15) is 0 Å². The molecule has 8 heteroatoms. The van der Waals surface area contributed by atoms with Crippen molar-refractivity contribution >= 4 is 11.8 Å². The molecule has 32 heavy (non-hydrogen) atoms. The van der Waals surface area contributed by atoms with Gasteiger partial charge >= 0.3 is 6.03 Å². The highest BCUT2D eigenvalue weighted by molar-refractivity contribution is 5.75. The summed E-state index contributed by atoms with van der Waals surface area (Å²) in [5, 5.41) is 11.8. The Morgan fingerprint density at radius 1 is 1.06 bits per heavy atom. The zero-order valence-electron chi connectivity index (χ0n) is 18.9. The van der Waals surface area contributed by atoms with Crippen LogP contribution in [0.2, 0.25) is 0 Å². The SMILES string of the molecule is Cc1ccc(-c2ccc(N3CCN(C(=O)NC4CCC(F)(F)CC4)C(C)C3)nn2)cc1C. The van der Waals surface area contributed by atoms with Crippen LogP contribution in [0.1, 0.15) is 43.7 Å². The molecule has 4 rings (SSSR count). The second kappa shape index (κ2) is 9.00. The number of amides is 2. The Balaban J connectivity index is 1.34. The lowest BCUT2D eigenvalue weighted by Gasteiger charge is -2.41. The average Bonchev–Trinajstić information content (AvgIpc) is 2.77. The highest BCUT2D eigenvalue weighted by Crippen LogP contribution is 2.33. The minimum atomic E-state index is -2.59. The van der Waals surface area contributed by atoms with Crippen LogP contribution in [0.4, 0.5) is 19.4 Å². The van der Waals surface area contributed by atoms with Crippen LogP contribution in [-0.4, -0.2) is 58.8 Å². The van der Waals surface area contributed by atoms with Crippen molar-refractivity contribution in [1.82, 2.24) is 20.4 Å². The Bertz CT molecular complexity index is 955. The van der Waals surface area contributed by atoms with E-state index >= 15 is 0 Å². The lowest BCUT2D eigenvalue weighted by atomic mass is 9.92. The third-order valence-electron chi connectivity index (χ3n) is 6.71. The Morgan fingerprint density at radius 3 is 2.44 bits per heavy atom. The van der Waals surface area contributed by atoms with Gasteiger partial charge in [-0.1, -0.05) is 12.1 Å². The molecule has 2 amide bonds. The highest BCUT2D eigenvalue weighted by atomic mass is 19.3. The van der Waals surface area contributed by atoms with Crippen molar-refractivity contribution in [2.45, 2.75) is 64.5 Å². The van der Waals surface area contributed by atoms with E-state index in [0.717, 1.165) is 17.1 Å². The van der Waals surface area contributed by atoms with Crippen LogP contribution in [-0.2, 0) is 0 Å². The lowest BCUT2D eigenvalue weighted by Crippen LogP contribution is -2.58. The predicted octanol–water partition coefficient (Wildman–Crippen LogP) is 4.56. The Labute approximate surface area is 188 Å². The molecule has 1 saturated carbocycles. The number of nitrogens with zero attached hydrogens (tertiary/aromatic N) is 4. The van der Waals surface area contributed by atoms with Gasteiger partial charge in [0, 0.05) is 50.1 Å². The number of carbonyl (C=O) groups excluding carboxylic acids is 1. The van der Waals surface area contributed by atoms with E-state index in [4.69, 9.17) is 0 Å². The maximum atomic E-state index is 13.4. The quantitative estimate of drug-likeness (QED) is 0.756. The van der Waals surface area contributed by atoms with Gasteiger partial charge in [-0.3, -0.25) is 0 Å². The molecule has 2 aliphatic rings. The van der Waals surface area contributed by atoms with E-state index in [1.807, 2.05) is 19.1 Å². The summed E-state index contributed by atoms with van der Waals surface area (Å²) in [6.07, 6.45) is 0.348. The molecule has 1 saturated heterocycles. The third kappa shape index (κ3) is 5.00. The van der Waals surface area contributed by atoms with Crippen LogP contribution in [0.3, 0.4) is 0 Å². The van der Waals surface area contributed by atoms with E-state index in [1.54, 1.807) is 4.90 Å². The number of urea groups is 1. The van der Waals surface area contributed by atoms with Crippen molar-refractivity contribution in [3.05, 3.63) is 41.5 Å². The standard InChI is InChI=1S/C24H31F2N5O/c1-16-4-5-19(14-17(16)2)21-6-7-22(29-28-21)30-12-13-31(18(3)15-30)23(32)27-20-8-10-24(25,26)11-9-20/h4-7,14,18,20H,8-13,15H2,1-3H3,(H,27,32). The summed E-state index contributed by atoms with van der Waals surface area (Å²) in [6, 6.07) is 9.86. The van der Waals surface area contributed by atoms with E-state index in [1.165, 1.54) is 11.1 Å². The second-order valence-corrected chi connectivity index (χ2v) is 9.14. The topological polar surface area (TPSA) is 61.4 Å². The van der Waals surface area contributed by atoms with Crippen molar-refractivity contribution in [3.63, 3.8) is 0 Å². The Morgan fingerprint density at radius 2 is 1.81 bits per heavy atom. The molecule has 1 aromatic heterocycles. The first kappa shape index (κ1) is 22.4. The molecule has 2 aromatic rings. The summed E-state index contributed by atoms with van der Waals surface area (Å²) in [6.45, 7) is 8.02. The van der Waals surface area contributed by atoms with Gasteiger partial charge in [0.05, 0.1) is 5.69 Å². The molecule has 1 atom stereocenters. The molecule has 1 aromatic carbocycles. The van der Waals surface area contributed by atoms with Crippen LogP contribution in [0.5, 0.6) is 0 Å². The first-order chi connectivity index (χ1) is 15.2. The molecule has 1 N–H and O–H groups in total. The van der Waals surface area contributed by atoms with Crippen molar-refractivity contribution < 1.29 is 13.6 Å². The number of aromatic nitrogens is 2. The second-order valence-electron chi connectivity index (χ2n) is 9.14. The van der Waals surface area contributed by atoms with Gasteiger partial charge < -0.3 is 15.1 Å². The molecule has 1 unspecified atom stereocenters. The minimum absolute atomic E-state index is 0.0185. The van der Waals surface area contributed by atoms with Gasteiger partial charge in [-0.05, 0) is 62.9 Å². The molecular weight excluding hydrogens is 412 g/mol. The molecule has 172 valence electrons. The van der Waals surface area contributed by atoms with Crippen molar-refractivity contribution in [2.75, 3.05) is 24.5 Å². The molecule has 0 radical (unpaired) electrons. The molecule has 6 nitrogen and oxygen atoms in total. The van der Waals surface area contributed by atoms with E-state index < -0.39 is 5.92 Å². The highest BCUT2D eigenvalue weighted by Gasteiger charge is 2.36. The predicted molar refractivity (Wildman–Crippen MR) is 121 cm³/mol. The van der Waals surface area contributed by atoms with Crippen LogP contribution in [0.15, 0.2) is 30.3 Å². The maximum Gasteiger partial charge on any atom is 0.317 e. The molecule has 0 spiro atoms. The number of nitrogens with one attached hydrogen (secondary N) is 1. The van der Waals surface area contributed by atoms with Crippen LogP contribution >= 0.6 is 0 Å². The zero-order valence-corrected chi connectivity index (χ0v) is 18.9. The summed E-state index contributed by atoms with van der Waals surface area (Å²) in [7, 11) is 0. The van der Waals surface area contributed by atoms with Crippen molar-refractivity contribution in [3.8, 4) is 11.3 Å². The van der Waals surface area contributed by atoms with E-state index in [0.29, 0.717) is 32.5 Å².